The predicted octanol–water partition coefficient (Wildman–Crippen LogP) is 5.64. The third-order valence-electron chi connectivity index (χ3n) is 13.2. The van der Waals surface area contributed by atoms with Crippen LogP contribution in [0, 0.1) is 28.6 Å². The van der Waals surface area contributed by atoms with Gasteiger partial charge in [0.25, 0.3) is 5.95 Å². The first-order valence-electron chi connectivity index (χ1n) is 20.3. The molecule has 6 aliphatic rings. The van der Waals surface area contributed by atoms with E-state index in [0.29, 0.717) is 41.9 Å². The number of likely N-dealkylation sites (N-methyl/N-ethyl adjacent to an activating group) is 1. The number of amidine groups is 2. The number of aliphatic imine (C=N–C) groups is 1. The van der Waals surface area contributed by atoms with Crippen LogP contribution in [-0.4, -0.2) is 92.2 Å². The molecule has 1 aromatic carbocycles. The molecular weight excluding hydrogens is 739 g/mol. The van der Waals surface area contributed by atoms with Gasteiger partial charge in [-0.1, -0.05) is 37.3 Å². The van der Waals surface area contributed by atoms with Crippen molar-refractivity contribution in [3.05, 3.63) is 82.5 Å². The smallest absolute Gasteiger partial charge is 0.299 e. The molecule has 5 fully saturated rings. The first kappa shape index (κ1) is 39.3. The van der Waals surface area contributed by atoms with E-state index in [1.165, 1.54) is 22.7 Å². The van der Waals surface area contributed by atoms with Crippen LogP contribution in [0.5, 0.6) is 0 Å². The summed E-state index contributed by atoms with van der Waals surface area (Å²) in [4.78, 5) is 12.3. The number of piperidine rings is 1. The molecule has 4 aliphatic carbocycles. The van der Waals surface area contributed by atoms with E-state index in [1.54, 1.807) is 0 Å². The fraction of sp³-hybridized carbons (Fsp3) is 0.535. The molecule has 13 nitrogen and oxygen atoms in total. The van der Waals surface area contributed by atoms with Crippen molar-refractivity contribution in [2.24, 2.45) is 27.0 Å². The molecule has 2 aliphatic heterocycles. The monoisotopic (exact) mass is 796 g/mol. The Hall–Kier alpha value is -4.50. The minimum Gasteiger partial charge on any atom is -0.480 e. The highest BCUT2D eigenvalue weighted by Crippen LogP contribution is 2.72. The Morgan fingerprint density at radius 2 is 1.84 bits per heavy atom. The maximum absolute atomic E-state index is 10.7. The van der Waals surface area contributed by atoms with Gasteiger partial charge in [0.1, 0.15) is 36.3 Å². The number of hydrogen-bond acceptors (Lipinski definition) is 10. The number of nitrogens with two attached hydrogens (primary N) is 1. The predicted molar refractivity (Wildman–Crippen MR) is 224 cm³/mol. The summed E-state index contributed by atoms with van der Waals surface area (Å²) in [6, 6.07) is 7.87. The average molecular weight is 797 g/mol. The van der Waals surface area contributed by atoms with Crippen molar-refractivity contribution >= 4 is 43.9 Å². The van der Waals surface area contributed by atoms with Gasteiger partial charge in [-0.15, -0.1) is 0 Å². The van der Waals surface area contributed by atoms with Crippen LogP contribution in [0.2, 0.25) is 0 Å². The van der Waals surface area contributed by atoms with Gasteiger partial charge in [0.2, 0.25) is 5.13 Å². The molecule has 9 rings (SSSR count). The van der Waals surface area contributed by atoms with Crippen LogP contribution < -0.4 is 16.0 Å². The minimum atomic E-state index is -0.825. The number of aliphatic hydroxyl groups is 3. The average Bonchev–Trinajstić information content (AvgIpc) is 3.71. The summed E-state index contributed by atoms with van der Waals surface area (Å²) in [5.74, 6) is 0.359. The van der Waals surface area contributed by atoms with Crippen LogP contribution >= 0.6 is 11.3 Å². The van der Waals surface area contributed by atoms with Gasteiger partial charge in [0, 0.05) is 35.5 Å². The molecule has 304 valence electrons. The number of dihydropyridines is 1. The Morgan fingerprint density at radius 1 is 1.09 bits per heavy atom. The molecule has 1 saturated heterocycles. The number of thiazole rings is 1. The van der Waals surface area contributed by atoms with Crippen molar-refractivity contribution in [3.63, 3.8) is 0 Å². The molecule has 4 saturated carbocycles. The number of aliphatic hydroxyl groups excluding tert-OH is 2. The molecule has 8 N–H and O–H groups in total. The highest BCUT2D eigenvalue weighted by molar-refractivity contribution is 7.22. The second-order valence-electron chi connectivity index (χ2n) is 18.3. The van der Waals surface area contributed by atoms with Crippen molar-refractivity contribution in [2.75, 3.05) is 39.9 Å². The number of allylic oxidation sites excluding steroid dienone is 3. The molecule has 2 aromatic heterocycles. The Morgan fingerprint density at radius 3 is 2.56 bits per heavy atom. The standard InChI is InChI=1S/C43H57N9O4S/c1-27(36(44)49-39-47-32-10-6-7-11-33(32)57-39)29-9-8-14-51(37(29)45)34-13-12-30(35(48-34)38(54)55)31-19-46-52(28(31)2)26-42-21-40(3)20-41(4,22-42)24-43(23-40,25-42)56-18-16-50(5)15-17-53/h6-7,10-13,19,45,48,53-55H,8-9,14-18,20-26H2,1-5H3,(H2,44,47,49)/p+1/b29-27-,45-37?/t40-,41+,42?,43?. The SMILES string of the molecule is CC(=C1\CCCN(C2=CC=C(c3cnn(CC45CC6(OCC[NH+](C)CCO)C[C@](C)(C4)C[C@](C)(C5)C6)c3C)C(=C(O)O)N2)C1=N)/C(N)=N\c1nc2ccccc2s1. The summed E-state index contributed by atoms with van der Waals surface area (Å²) in [5, 5.41) is 48.7. The number of likely N-dealkylation sites (tertiary alicyclic amines) is 1. The van der Waals surface area contributed by atoms with Crippen LogP contribution in [0.25, 0.3) is 15.8 Å². The van der Waals surface area contributed by atoms with Crippen molar-refractivity contribution in [2.45, 2.75) is 91.2 Å². The van der Waals surface area contributed by atoms with Gasteiger partial charge in [0.15, 0.2) is 0 Å². The largest absolute Gasteiger partial charge is 0.480 e. The van der Waals surface area contributed by atoms with Crippen molar-refractivity contribution in [3.8, 4) is 0 Å². The zero-order valence-corrected chi connectivity index (χ0v) is 34.7. The fourth-order valence-electron chi connectivity index (χ4n) is 11.8. The van der Waals surface area contributed by atoms with Gasteiger partial charge in [-0.3, -0.25) is 10.1 Å². The van der Waals surface area contributed by atoms with E-state index in [4.69, 9.17) is 15.6 Å². The minimum absolute atomic E-state index is 0.0423. The Bertz CT molecular complexity index is 2190. The Balaban J connectivity index is 1.03. The highest BCUT2D eigenvalue weighted by atomic mass is 32.1. The van der Waals surface area contributed by atoms with Crippen LogP contribution in [0.1, 0.15) is 83.4 Å². The van der Waals surface area contributed by atoms with Crippen molar-refractivity contribution in [1.82, 2.24) is 25.0 Å². The summed E-state index contributed by atoms with van der Waals surface area (Å²) >= 11 is 1.47. The lowest BCUT2D eigenvalue weighted by molar-refractivity contribution is -0.880. The molecule has 4 heterocycles. The summed E-state index contributed by atoms with van der Waals surface area (Å²) < 4.78 is 10.1. The molecule has 4 bridgehead atoms. The number of nitrogens with zero attached hydrogens (tertiary/aromatic N) is 5. The normalized spacial score (nSPS) is 30.1. The van der Waals surface area contributed by atoms with Crippen LogP contribution in [0.4, 0.5) is 5.13 Å². The van der Waals surface area contributed by atoms with Crippen molar-refractivity contribution in [1.29, 1.82) is 5.41 Å². The van der Waals surface area contributed by atoms with Gasteiger partial charge in [0.05, 0.1) is 42.3 Å². The van der Waals surface area contributed by atoms with Crippen LogP contribution in [0.3, 0.4) is 0 Å². The number of para-hydroxylation sites is 1. The second kappa shape index (κ2) is 14.7. The van der Waals surface area contributed by atoms with E-state index in [0.717, 1.165) is 90.8 Å². The van der Waals surface area contributed by atoms with E-state index in [2.05, 4.69) is 47.8 Å². The van der Waals surface area contributed by atoms with Gasteiger partial charge in [-0.2, -0.15) is 5.10 Å². The molecular formula is C43H58N9O4S+. The van der Waals surface area contributed by atoms with Crippen LogP contribution in [0.15, 0.2) is 76.2 Å². The Labute approximate surface area is 338 Å². The molecule has 0 radical (unpaired) electrons. The summed E-state index contributed by atoms with van der Waals surface area (Å²) in [5.41, 5.74) is 11.8. The Kier molecular flexibility index (Phi) is 10.1. The second-order valence-corrected chi connectivity index (χ2v) is 19.3. The third kappa shape index (κ3) is 7.52. The number of benzene rings is 1. The summed E-state index contributed by atoms with van der Waals surface area (Å²) in [6.07, 6.45) is 13.8. The molecule has 57 heavy (non-hydrogen) atoms. The quantitative estimate of drug-likeness (QED) is 0.0694. The topological polar surface area (TPSA) is 183 Å². The zero-order valence-electron chi connectivity index (χ0n) is 33.9. The highest BCUT2D eigenvalue weighted by Gasteiger charge is 2.66. The lowest BCUT2D eigenvalue weighted by atomic mass is 9.39. The molecule has 0 amide bonds. The van der Waals surface area contributed by atoms with Gasteiger partial charge >= 0.3 is 0 Å². The van der Waals surface area contributed by atoms with Gasteiger partial charge in [-0.25, -0.2) is 9.98 Å². The van der Waals surface area contributed by atoms with E-state index < -0.39 is 5.95 Å². The maximum Gasteiger partial charge on any atom is 0.299 e. The van der Waals surface area contributed by atoms with E-state index in [9.17, 15) is 20.7 Å². The fourth-order valence-corrected chi connectivity index (χ4v) is 12.6. The van der Waals surface area contributed by atoms with E-state index in [-0.39, 0.29) is 40.0 Å². The number of hydrogen-bond donors (Lipinski definition) is 7. The molecule has 5 atom stereocenters. The maximum atomic E-state index is 10.7. The molecule has 3 unspecified atom stereocenters. The number of quaternary nitrogens is 1. The number of aromatic nitrogens is 3. The number of ether oxygens (including phenoxy) is 1. The van der Waals surface area contributed by atoms with Crippen molar-refractivity contribution < 1.29 is 25.0 Å². The first-order valence-corrected chi connectivity index (χ1v) is 21.1. The number of fused-ring (bicyclic) bond motifs is 1. The lowest BCUT2D eigenvalue weighted by Gasteiger charge is -2.69. The number of nitrogens with one attached hydrogen (secondary N) is 3. The molecule has 0 spiro atoms. The van der Waals surface area contributed by atoms with Crippen LogP contribution in [-0.2, 0) is 11.3 Å². The summed E-state index contributed by atoms with van der Waals surface area (Å²) in [7, 11) is 2.11. The first-order chi connectivity index (χ1) is 27.1. The molecule has 14 heteroatoms. The zero-order chi connectivity index (χ0) is 40.3. The summed E-state index contributed by atoms with van der Waals surface area (Å²) in [6.45, 7) is 12.7. The van der Waals surface area contributed by atoms with E-state index in [1.807, 2.05) is 54.4 Å². The number of rotatable bonds is 12. The third-order valence-corrected chi connectivity index (χ3v) is 14.1. The van der Waals surface area contributed by atoms with E-state index >= 15 is 0 Å². The van der Waals surface area contributed by atoms with Gasteiger partial charge < -0.3 is 40.9 Å². The lowest BCUT2D eigenvalue weighted by Crippen LogP contribution is -3.10. The van der Waals surface area contributed by atoms with Gasteiger partial charge in [-0.05, 0) is 111 Å². The molecule has 3 aromatic rings.